The summed E-state index contributed by atoms with van der Waals surface area (Å²) >= 11 is 6.75. The van der Waals surface area contributed by atoms with Gasteiger partial charge in [-0.3, -0.25) is 9.69 Å². The number of rotatable bonds is 3. The molecule has 0 saturated carbocycles. The molecule has 2 aromatic carbocycles. The number of fused-ring (bicyclic) bond motifs is 1. The lowest BCUT2D eigenvalue weighted by Crippen LogP contribution is -2.27. The van der Waals surface area contributed by atoms with Gasteiger partial charge in [-0.25, -0.2) is 0 Å². The summed E-state index contributed by atoms with van der Waals surface area (Å²) in [5.41, 5.74) is 2.91. The Balaban J connectivity index is 1.61. The van der Waals surface area contributed by atoms with Gasteiger partial charge < -0.3 is 9.47 Å². The van der Waals surface area contributed by atoms with Crippen LogP contribution in [0.25, 0.3) is 6.08 Å². The van der Waals surface area contributed by atoms with Crippen molar-refractivity contribution >= 4 is 46.0 Å². The molecule has 132 valence electrons. The summed E-state index contributed by atoms with van der Waals surface area (Å²) in [6.45, 7) is 3.19. The van der Waals surface area contributed by atoms with Crippen molar-refractivity contribution in [2.75, 3.05) is 18.1 Å². The summed E-state index contributed by atoms with van der Waals surface area (Å²) in [5.74, 6) is 1.34. The molecule has 2 heterocycles. The maximum absolute atomic E-state index is 12.9. The molecule has 1 fully saturated rings. The zero-order chi connectivity index (χ0) is 18.1. The smallest absolute Gasteiger partial charge is 0.270 e. The predicted octanol–water partition coefficient (Wildman–Crippen LogP) is 4.43. The van der Waals surface area contributed by atoms with Crippen molar-refractivity contribution in [3.8, 4) is 11.5 Å². The second kappa shape index (κ2) is 7.13. The maximum Gasteiger partial charge on any atom is 0.270 e. The number of anilines is 1. The van der Waals surface area contributed by atoms with Crippen molar-refractivity contribution in [1.29, 1.82) is 0 Å². The van der Waals surface area contributed by atoms with Crippen molar-refractivity contribution in [3.63, 3.8) is 0 Å². The van der Waals surface area contributed by atoms with E-state index in [1.54, 1.807) is 4.90 Å². The van der Waals surface area contributed by atoms with Crippen LogP contribution in [0.3, 0.4) is 0 Å². The molecule has 0 N–H and O–H groups in total. The molecule has 1 amide bonds. The van der Waals surface area contributed by atoms with Gasteiger partial charge in [-0.1, -0.05) is 49.1 Å². The first-order valence-corrected chi connectivity index (χ1v) is 9.65. The number of thiocarbonyl (C=S) groups is 1. The number of benzene rings is 2. The third-order valence-electron chi connectivity index (χ3n) is 4.26. The van der Waals surface area contributed by atoms with E-state index in [-0.39, 0.29) is 5.91 Å². The minimum absolute atomic E-state index is 0.0980. The van der Waals surface area contributed by atoms with Gasteiger partial charge in [0.25, 0.3) is 5.91 Å². The van der Waals surface area contributed by atoms with Crippen LogP contribution >= 0.6 is 24.0 Å². The van der Waals surface area contributed by atoms with Crippen LogP contribution in [0.15, 0.2) is 47.4 Å². The van der Waals surface area contributed by atoms with Crippen LogP contribution in [0, 0.1) is 0 Å². The summed E-state index contributed by atoms with van der Waals surface area (Å²) in [5, 5.41) is 0. The summed E-state index contributed by atoms with van der Waals surface area (Å²) in [6, 6.07) is 13.6. The Bertz CT molecular complexity index is 906. The van der Waals surface area contributed by atoms with Gasteiger partial charge in [0, 0.05) is 0 Å². The molecule has 2 aromatic rings. The number of ether oxygens (including phenoxy) is 2. The molecule has 6 heteroatoms. The molecule has 2 aliphatic heterocycles. The minimum atomic E-state index is -0.0980. The highest BCUT2D eigenvalue weighted by molar-refractivity contribution is 8.27. The zero-order valence-electron chi connectivity index (χ0n) is 14.2. The average Bonchev–Trinajstić information content (AvgIpc) is 2.95. The van der Waals surface area contributed by atoms with Crippen LogP contribution in [0.4, 0.5) is 5.69 Å². The largest absolute Gasteiger partial charge is 0.486 e. The fourth-order valence-corrected chi connectivity index (χ4v) is 4.17. The Kier molecular flexibility index (Phi) is 4.70. The van der Waals surface area contributed by atoms with E-state index in [1.165, 1.54) is 17.3 Å². The first-order chi connectivity index (χ1) is 12.7. The van der Waals surface area contributed by atoms with Gasteiger partial charge >= 0.3 is 0 Å². The Morgan fingerprint density at radius 1 is 1.12 bits per heavy atom. The average molecular weight is 383 g/mol. The number of thioether (sulfide) groups is 1. The van der Waals surface area contributed by atoms with E-state index in [0.29, 0.717) is 28.2 Å². The summed E-state index contributed by atoms with van der Waals surface area (Å²) < 4.78 is 11.7. The topological polar surface area (TPSA) is 38.8 Å². The molecular formula is C20H17NO3S2. The molecular weight excluding hydrogens is 366 g/mol. The monoisotopic (exact) mass is 383 g/mol. The van der Waals surface area contributed by atoms with E-state index in [2.05, 4.69) is 6.92 Å². The fourth-order valence-electron chi connectivity index (χ4n) is 2.87. The zero-order valence-corrected chi connectivity index (χ0v) is 15.9. The summed E-state index contributed by atoms with van der Waals surface area (Å²) in [6.07, 6.45) is 2.81. The Morgan fingerprint density at radius 3 is 2.58 bits per heavy atom. The van der Waals surface area contributed by atoms with Crippen molar-refractivity contribution in [1.82, 2.24) is 0 Å². The molecule has 0 bridgehead atoms. The van der Waals surface area contributed by atoms with Crippen molar-refractivity contribution in [2.45, 2.75) is 13.3 Å². The van der Waals surface area contributed by atoms with E-state index < -0.39 is 0 Å². The van der Waals surface area contributed by atoms with Crippen molar-refractivity contribution < 1.29 is 14.3 Å². The second-order valence-corrected chi connectivity index (χ2v) is 7.62. The van der Waals surface area contributed by atoms with Crippen LogP contribution in [-0.2, 0) is 11.2 Å². The molecule has 0 atom stereocenters. The molecule has 0 aliphatic carbocycles. The molecule has 0 unspecified atom stereocenters. The van der Waals surface area contributed by atoms with E-state index in [1.807, 2.05) is 48.5 Å². The van der Waals surface area contributed by atoms with Crippen LogP contribution in [0.2, 0.25) is 0 Å². The van der Waals surface area contributed by atoms with Gasteiger partial charge in [-0.15, -0.1) is 0 Å². The molecule has 26 heavy (non-hydrogen) atoms. The fraction of sp³-hybridized carbons (Fsp3) is 0.200. The highest BCUT2D eigenvalue weighted by Gasteiger charge is 2.33. The Morgan fingerprint density at radius 2 is 1.85 bits per heavy atom. The van der Waals surface area contributed by atoms with Gasteiger partial charge in [0.15, 0.2) is 15.8 Å². The molecule has 0 spiro atoms. The second-order valence-electron chi connectivity index (χ2n) is 5.94. The summed E-state index contributed by atoms with van der Waals surface area (Å²) in [4.78, 5) is 15.0. The van der Waals surface area contributed by atoms with Gasteiger partial charge in [0.1, 0.15) is 13.2 Å². The number of aryl methyl sites for hydroxylation is 1. The molecule has 1 saturated heterocycles. The standard InChI is InChI=1S/C20H17NO3S2/c1-2-13-3-6-15(7-4-13)21-19(22)18(26-20(21)25)12-14-5-8-16-17(11-14)24-10-9-23-16/h3-8,11-12H,2,9-10H2,1H3/b18-12+. The molecule has 0 radical (unpaired) electrons. The van der Waals surface area contributed by atoms with E-state index in [9.17, 15) is 4.79 Å². The van der Waals surface area contributed by atoms with Gasteiger partial charge in [-0.2, -0.15) is 0 Å². The highest BCUT2D eigenvalue weighted by atomic mass is 32.2. The molecule has 4 rings (SSSR count). The number of nitrogens with zero attached hydrogens (tertiary/aromatic N) is 1. The Labute approximate surface area is 161 Å². The third-order valence-corrected chi connectivity index (χ3v) is 5.56. The first-order valence-electron chi connectivity index (χ1n) is 8.42. The number of carbonyl (C=O) groups is 1. The quantitative estimate of drug-likeness (QED) is 0.579. The lowest BCUT2D eigenvalue weighted by molar-refractivity contribution is -0.113. The van der Waals surface area contributed by atoms with Gasteiger partial charge in [0.2, 0.25) is 0 Å². The molecule has 2 aliphatic rings. The van der Waals surface area contributed by atoms with Crippen LogP contribution in [-0.4, -0.2) is 23.4 Å². The van der Waals surface area contributed by atoms with Gasteiger partial charge in [0.05, 0.1) is 10.6 Å². The van der Waals surface area contributed by atoms with E-state index in [4.69, 9.17) is 21.7 Å². The lowest BCUT2D eigenvalue weighted by atomic mass is 10.1. The number of amides is 1. The highest BCUT2D eigenvalue weighted by Crippen LogP contribution is 2.37. The number of carbonyl (C=O) groups excluding carboxylic acids is 1. The SMILES string of the molecule is CCc1ccc(N2C(=O)/C(=C\c3ccc4c(c3)OCCO4)SC2=S)cc1. The number of hydrogen-bond donors (Lipinski definition) is 0. The van der Waals surface area contributed by atoms with Crippen LogP contribution in [0.5, 0.6) is 11.5 Å². The minimum Gasteiger partial charge on any atom is -0.486 e. The van der Waals surface area contributed by atoms with E-state index in [0.717, 1.165) is 23.4 Å². The van der Waals surface area contributed by atoms with Crippen LogP contribution in [0.1, 0.15) is 18.1 Å². The van der Waals surface area contributed by atoms with Crippen molar-refractivity contribution in [3.05, 3.63) is 58.5 Å². The summed E-state index contributed by atoms with van der Waals surface area (Å²) in [7, 11) is 0. The number of hydrogen-bond acceptors (Lipinski definition) is 5. The predicted molar refractivity (Wildman–Crippen MR) is 109 cm³/mol. The normalized spacial score (nSPS) is 17.9. The van der Waals surface area contributed by atoms with Crippen molar-refractivity contribution in [2.24, 2.45) is 0 Å². The van der Waals surface area contributed by atoms with Crippen LogP contribution < -0.4 is 14.4 Å². The lowest BCUT2D eigenvalue weighted by Gasteiger charge is -2.18. The van der Waals surface area contributed by atoms with Gasteiger partial charge in [-0.05, 0) is 47.9 Å². The van der Waals surface area contributed by atoms with E-state index >= 15 is 0 Å². The molecule has 4 nitrogen and oxygen atoms in total. The Hall–Kier alpha value is -2.31. The first kappa shape index (κ1) is 17.1. The third kappa shape index (κ3) is 3.22. The maximum atomic E-state index is 12.9. The molecule has 0 aromatic heterocycles.